The first-order valence-corrected chi connectivity index (χ1v) is 6.31. The lowest BCUT2D eigenvalue weighted by Gasteiger charge is -2.42. The van der Waals surface area contributed by atoms with Crippen LogP contribution < -0.4 is 10.6 Å². The molecule has 3 N–H and O–H groups in total. The van der Waals surface area contributed by atoms with Crippen molar-refractivity contribution in [1.29, 1.82) is 0 Å². The minimum Gasteiger partial charge on any atom is -0.397 e. The van der Waals surface area contributed by atoms with Gasteiger partial charge in [-0.05, 0) is 30.4 Å². The molecule has 1 aliphatic carbocycles. The van der Waals surface area contributed by atoms with E-state index < -0.39 is 0 Å². The molecular formula is C13H19N3O. The number of hydrogen-bond donors (Lipinski definition) is 2. The fourth-order valence-corrected chi connectivity index (χ4v) is 3.24. The molecule has 0 unspecified atom stereocenters. The second-order valence-electron chi connectivity index (χ2n) is 5.43. The van der Waals surface area contributed by atoms with E-state index in [1.165, 1.54) is 19.3 Å². The Hall–Kier alpha value is -1.29. The Morgan fingerprint density at radius 3 is 2.76 bits per heavy atom. The molecule has 0 aromatic carbocycles. The van der Waals surface area contributed by atoms with Crippen LogP contribution in [0.3, 0.4) is 0 Å². The summed E-state index contributed by atoms with van der Waals surface area (Å²) in [6.07, 6.45) is 5.52. The standard InChI is InChI=1S/C13H19N3O/c14-11-2-3-12(15-6-11)16-7-10(8-17)13(9-16)4-1-5-13/h2-3,6,10,17H,1,4-5,7-9,14H2/t10-/m0/s1. The van der Waals surface area contributed by atoms with Crippen molar-refractivity contribution >= 4 is 11.5 Å². The zero-order valence-corrected chi connectivity index (χ0v) is 9.97. The molecule has 2 heterocycles. The van der Waals surface area contributed by atoms with Crippen LogP contribution in [0.25, 0.3) is 0 Å². The average Bonchev–Trinajstić information content (AvgIpc) is 2.69. The number of aromatic nitrogens is 1. The van der Waals surface area contributed by atoms with Gasteiger partial charge in [0.1, 0.15) is 5.82 Å². The third kappa shape index (κ3) is 1.67. The Bertz CT molecular complexity index is 400. The van der Waals surface area contributed by atoms with E-state index in [0.29, 0.717) is 23.6 Å². The Morgan fingerprint density at radius 2 is 2.29 bits per heavy atom. The molecule has 0 amide bonds. The van der Waals surface area contributed by atoms with Gasteiger partial charge in [-0.3, -0.25) is 0 Å². The molecule has 1 aromatic heterocycles. The molecule has 1 aliphatic heterocycles. The number of nitrogen functional groups attached to an aromatic ring is 1. The second kappa shape index (κ2) is 3.88. The van der Waals surface area contributed by atoms with Crippen LogP contribution in [0.15, 0.2) is 18.3 Å². The van der Waals surface area contributed by atoms with Crippen molar-refractivity contribution < 1.29 is 5.11 Å². The Labute approximate surface area is 101 Å². The summed E-state index contributed by atoms with van der Waals surface area (Å²) in [6, 6.07) is 3.86. The maximum Gasteiger partial charge on any atom is 0.128 e. The van der Waals surface area contributed by atoms with E-state index in [2.05, 4.69) is 9.88 Å². The average molecular weight is 233 g/mol. The van der Waals surface area contributed by atoms with Crippen LogP contribution in [0.2, 0.25) is 0 Å². The van der Waals surface area contributed by atoms with E-state index >= 15 is 0 Å². The molecule has 1 saturated carbocycles. The van der Waals surface area contributed by atoms with Crippen molar-refractivity contribution in [2.75, 3.05) is 30.3 Å². The lowest BCUT2D eigenvalue weighted by atomic mass is 9.63. The van der Waals surface area contributed by atoms with E-state index in [0.717, 1.165) is 18.9 Å². The monoisotopic (exact) mass is 233 g/mol. The first kappa shape index (κ1) is 10.8. The largest absolute Gasteiger partial charge is 0.397 e. The number of aliphatic hydroxyl groups is 1. The Morgan fingerprint density at radius 1 is 1.47 bits per heavy atom. The van der Waals surface area contributed by atoms with Crippen molar-refractivity contribution in [3.05, 3.63) is 18.3 Å². The molecule has 4 heteroatoms. The summed E-state index contributed by atoms with van der Waals surface area (Å²) in [6.45, 7) is 2.26. The van der Waals surface area contributed by atoms with Crippen molar-refractivity contribution in [3.8, 4) is 0 Å². The minimum atomic E-state index is 0.297. The van der Waals surface area contributed by atoms with Crippen LogP contribution in [0.1, 0.15) is 19.3 Å². The van der Waals surface area contributed by atoms with Crippen LogP contribution in [0, 0.1) is 11.3 Å². The molecule has 1 atom stereocenters. The molecule has 92 valence electrons. The molecule has 1 aromatic rings. The number of rotatable bonds is 2. The molecule has 0 bridgehead atoms. The maximum atomic E-state index is 9.51. The first-order chi connectivity index (χ1) is 8.23. The van der Waals surface area contributed by atoms with Crippen molar-refractivity contribution in [2.24, 2.45) is 11.3 Å². The quantitative estimate of drug-likeness (QED) is 0.807. The summed E-state index contributed by atoms with van der Waals surface area (Å²) in [7, 11) is 0. The number of aliphatic hydroxyl groups excluding tert-OH is 1. The molecule has 2 fully saturated rings. The molecule has 1 saturated heterocycles. The summed E-state index contributed by atoms with van der Waals surface area (Å²) >= 11 is 0. The Balaban J connectivity index is 1.80. The zero-order valence-electron chi connectivity index (χ0n) is 9.97. The number of hydrogen-bond acceptors (Lipinski definition) is 4. The summed E-state index contributed by atoms with van der Waals surface area (Å²) in [5.74, 6) is 1.40. The van der Waals surface area contributed by atoms with Gasteiger partial charge in [0, 0.05) is 25.6 Å². The molecule has 4 nitrogen and oxygen atoms in total. The number of nitrogens with two attached hydrogens (primary N) is 1. The number of nitrogens with zero attached hydrogens (tertiary/aromatic N) is 2. The SMILES string of the molecule is Nc1ccc(N2C[C@@H](CO)C3(CCC3)C2)nc1. The maximum absolute atomic E-state index is 9.51. The molecule has 1 spiro atoms. The minimum absolute atomic E-state index is 0.297. The van der Waals surface area contributed by atoms with Crippen molar-refractivity contribution in [3.63, 3.8) is 0 Å². The van der Waals surface area contributed by atoms with Gasteiger partial charge in [0.15, 0.2) is 0 Å². The zero-order chi connectivity index (χ0) is 11.9. The highest BCUT2D eigenvalue weighted by molar-refractivity contribution is 5.47. The van der Waals surface area contributed by atoms with E-state index in [-0.39, 0.29) is 0 Å². The molecule has 17 heavy (non-hydrogen) atoms. The van der Waals surface area contributed by atoms with E-state index in [1.54, 1.807) is 6.20 Å². The van der Waals surface area contributed by atoms with Crippen LogP contribution in [-0.2, 0) is 0 Å². The predicted octanol–water partition coefficient (Wildman–Crippen LogP) is 1.26. The predicted molar refractivity (Wildman–Crippen MR) is 67.7 cm³/mol. The third-order valence-electron chi connectivity index (χ3n) is 4.48. The van der Waals surface area contributed by atoms with Gasteiger partial charge in [-0.1, -0.05) is 6.42 Å². The van der Waals surface area contributed by atoms with Gasteiger partial charge in [-0.25, -0.2) is 4.98 Å². The summed E-state index contributed by atoms with van der Waals surface area (Å²) in [5.41, 5.74) is 6.71. The smallest absolute Gasteiger partial charge is 0.128 e. The number of anilines is 2. The van der Waals surface area contributed by atoms with Gasteiger partial charge in [0.05, 0.1) is 11.9 Å². The van der Waals surface area contributed by atoms with Gasteiger partial charge >= 0.3 is 0 Å². The summed E-state index contributed by atoms with van der Waals surface area (Å²) < 4.78 is 0. The molecule has 2 aliphatic rings. The van der Waals surface area contributed by atoms with Crippen LogP contribution in [-0.4, -0.2) is 29.8 Å². The van der Waals surface area contributed by atoms with Crippen molar-refractivity contribution in [1.82, 2.24) is 4.98 Å². The molecule has 0 radical (unpaired) electrons. The Kier molecular flexibility index (Phi) is 2.47. The van der Waals surface area contributed by atoms with E-state index in [1.807, 2.05) is 12.1 Å². The highest BCUT2D eigenvalue weighted by atomic mass is 16.3. The lowest BCUT2D eigenvalue weighted by Crippen LogP contribution is -2.38. The molecular weight excluding hydrogens is 214 g/mol. The van der Waals surface area contributed by atoms with E-state index in [4.69, 9.17) is 5.73 Å². The normalized spacial score (nSPS) is 26.2. The van der Waals surface area contributed by atoms with Gasteiger partial charge in [0.25, 0.3) is 0 Å². The lowest BCUT2D eigenvalue weighted by molar-refractivity contribution is 0.0571. The van der Waals surface area contributed by atoms with Gasteiger partial charge < -0.3 is 15.7 Å². The van der Waals surface area contributed by atoms with E-state index in [9.17, 15) is 5.11 Å². The van der Waals surface area contributed by atoms with Gasteiger partial charge in [-0.15, -0.1) is 0 Å². The second-order valence-corrected chi connectivity index (χ2v) is 5.43. The van der Waals surface area contributed by atoms with Crippen LogP contribution in [0.5, 0.6) is 0 Å². The van der Waals surface area contributed by atoms with Gasteiger partial charge in [0.2, 0.25) is 0 Å². The fraction of sp³-hybridized carbons (Fsp3) is 0.615. The van der Waals surface area contributed by atoms with Crippen molar-refractivity contribution in [2.45, 2.75) is 19.3 Å². The fourth-order valence-electron chi connectivity index (χ4n) is 3.24. The van der Waals surface area contributed by atoms with Gasteiger partial charge in [-0.2, -0.15) is 0 Å². The van der Waals surface area contributed by atoms with Crippen LogP contribution in [0.4, 0.5) is 11.5 Å². The summed E-state index contributed by atoms with van der Waals surface area (Å²) in [4.78, 5) is 6.66. The third-order valence-corrected chi connectivity index (χ3v) is 4.48. The molecule has 3 rings (SSSR count). The highest BCUT2D eigenvalue weighted by Gasteiger charge is 2.50. The van der Waals surface area contributed by atoms with Crippen LogP contribution >= 0.6 is 0 Å². The first-order valence-electron chi connectivity index (χ1n) is 6.31. The number of pyridine rings is 1. The highest BCUT2D eigenvalue weighted by Crippen LogP contribution is 2.51. The summed E-state index contributed by atoms with van der Waals surface area (Å²) in [5, 5.41) is 9.51. The topological polar surface area (TPSA) is 62.4 Å².